The van der Waals surface area contributed by atoms with Crippen molar-refractivity contribution < 1.29 is 0 Å². The first-order valence-electron chi connectivity index (χ1n) is 8.62. The number of hydrogen-bond donors (Lipinski definition) is 1. The third-order valence-corrected chi connectivity index (χ3v) is 5.33. The normalized spacial score (nSPS) is 33.6. The van der Waals surface area contributed by atoms with Crippen molar-refractivity contribution in [3.63, 3.8) is 0 Å². The predicted octanol–water partition coefficient (Wildman–Crippen LogP) is 3.81. The third kappa shape index (κ3) is 3.95. The van der Waals surface area contributed by atoms with Gasteiger partial charge in [-0.1, -0.05) is 46.5 Å². The number of likely N-dealkylation sites (N-methyl/N-ethyl adjacent to an activating group) is 1. The molecule has 0 aromatic rings. The molecule has 2 heteroatoms. The second kappa shape index (κ2) is 7.08. The molecule has 2 rings (SSSR count). The number of rotatable bonds is 3. The van der Waals surface area contributed by atoms with Gasteiger partial charge in [-0.15, -0.1) is 0 Å². The zero-order chi connectivity index (χ0) is 13.7. The van der Waals surface area contributed by atoms with Gasteiger partial charge in [0.25, 0.3) is 0 Å². The van der Waals surface area contributed by atoms with Gasteiger partial charge in [0.15, 0.2) is 0 Å². The van der Waals surface area contributed by atoms with Gasteiger partial charge in [-0.3, -0.25) is 4.90 Å². The summed E-state index contributed by atoms with van der Waals surface area (Å²) in [4.78, 5) is 2.83. The summed E-state index contributed by atoms with van der Waals surface area (Å²) in [6.07, 6.45) is 11.4. The average Bonchev–Trinajstić information content (AvgIpc) is 2.32. The lowest BCUT2D eigenvalue weighted by molar-refractivity contribution is 0.0445. The van der Waals surface area contributed by atoms with Crippen molar-refractivity contribution in [3.05, 3.63) is 0 Å². The van der Waals surface area contributed by atoms with Crippen LogP contribution in [-0.2, 0) is 0 Å². The number of likely N-dealkylation sites (tertiary alicyclic amines) is 1. The van der Waals surface area contributed by atoms with E-state index >= 15 is 0 Å². The summed E-state index contributed by atoms with van der Waals surface area (Å²) in [5.41, 5.74) is 0.460. The van der Waals surface area contributed by atoms with Crippen LogP contribution in [-0.4, -0.2) is 36.6 Å². The molecule has 0 spiro atoms. The molecule has 2 nitrogen and oxygen atoms in total. The molecule has 2 atom stereocenters. The first-order chi connectivity index (χ1) is 9.15. The summed E-state index contributed by atoms with van der Waals surface area (Å²) in [6, 6.07) is 1.47. The molecule has 1 saturated heterocycles. The fourth-order valence-corrected chi connectivity index (χ4v) is 4.24. The van der Waals surface area contributed by atoms with Gasteiger partial charge in [0.05, 0.1) is 0 Å². The van der Waals surface area contributed by atoms with Gasteiger partial charge in [-0.25, -0.2) is 0 Å². The SMILES string of the molecule is CCNC1C(N2CCCCCCC2)CCCC1(C)C. The molecule has 2 fully saturated rings. The molecule has 0 radical (unpaired) electrons. The second-order valence-corrected chi connectivity index (χ2v) is 7.29. The lowest BCUT2D eigenvalue weighted by atomic mass is 9.70. The molecule has 19 heavy (non-hydrogen) atoms. The van der Waals surface area contributed by atoms with Crippen LogP contribution >= 0.6 is 0 Å². The van der Waals surface area contributed by atoms with Crippen LogP contribution < -0.4 is 5.32 Å². The molecule has 0 bridgehead atoms. The van der Waals surface area contributed by atoms with Crippen molar-refractivity contribution in [1.82, 2.24) is 10.2 Å². The minimum Gasteiger partial charge on any atom is -0.312 e. The molecule has 1 aliphatic carbocycles. The van der Waals surface area contributed by atoms with Gasteiger partial charge < -0.3 is 5.32 Å². The molecule has 2 aliphatic rings. The van der Waals surface area contributed by atoms with Crippen LogP contribution in [0.15, 0.2) is 0 Å². The van der Waals surface area contributed by atoms with E-state index in [1.54, 1.807) is 0 Å². The highest BCUT2D eigenvalue weighted by Crippen LogP contribution is 2.38. The summed E-state index contributed by atoms with van der Waals surface area (Å²) in [5, 5.41) is 3.82. The maximum atomic E-state index is 3.82. The van der Waals surface area contributed by atoms with Gasteiger partial charge in [-0.05, 0) is 50.7 Å². The third-order valence-electron chi connectivity index (χ3n) is 5.33. The minimum absolute atomic E-state index is 0.460. The fourth-order valence-electron chi connectivity index (χ4n) is 4.24. The topological polar surface area (TPSA) is 15.3 Å². The first-order valence-corrected chi connectivity index (χ1v) is 8.62. The molecule has 0 aromatic heterocycles. The van der Waals surface area contributed by atoms with Crippen molar-refractivity contribution in [1.29, 1.82) is 0 Å². The second-order valence-electron chi connectivity index (χ2n) is 7.29. The van der Waals surface area contributed by atoms with Gasteiger partial charge in [0.1, 0.15) is 0 Å². The fraction of sp³-hybridized carbons (Fsp3) is 1.00. The zero-order valence-electron chi connectivity index (χ0n) is 13.4. The maximum absolute atomic E-state index is 3.82. The monoisotopic (exact) mass is 266 g/mol. The van der Waals surface area contributed by atoms with E-state index in [1.807, 2.05) is 0 Å². The standard InChI is InChI=1S/C17H34N2/c1-4-18-16-15(11-10-12-17(16,2)3)19-13-8-6-5-7-9-14-19/h15-16,18H,4-14H2,1-3H3. The van der Waals surface area contributed by atoms with E-state index < -0.39 is 0 Å². The highest BCUT2D eigenvalue weighted by Gasteiger charge is 2.40. The molecule has 0 amide bonds. The van der Waals surface area contributed by atoms with Crippen molar-refractivity contribution >= 4 is 0 Å². The number of nitrogens with zero attached hydrogens (tertiary/aromatic N) is 1. The summed E-state index contributed by atoms with van der Waals surface area (Å²) in [5.74, 6) is 0. The van der Waals surface area contributed by atoms with E-state index in [0.717, 1.165) is 12.6 Å². The van der Waals surface area contributed by atoms with Gasteiger partial charge in [0.2, 0.25) is 0 Å². The molecule has 2 unspecified atom stereocenters. The quantitative estimate of drug-likeness (QED) is 0.835. The van der Waals surface area contributed by atoms with Crippen LogP contribution in [0.4, 0.5) is 0 Å². The molecule has 0 aromatic carbocycles. The maximum Gasteiger partial charge on any atom is 0.0274 e. The van der Waals surface area contributed by atoms with Crippen LogP contribution in [0.1, 0.15) is 72.1 Å². The summed E-state index contributed by atoms with van der Waals surface area (Å²) in [6.45, 7) is 11.0. The van der Waals surface area contributed by atoms with Crippen LogP contribution in [0.25, 0.3) is 0 Å². The Morgan fingerprint density at radius 1 is 1.00 bits per heavy atom. The van der Waals surface area contributed by atoms with Crippen molar-refractivity contribution in [2.45, 2.75) is 84.2 Å². The Labute approximate surface area is 120 Å². The Morgan fingerprint density at radius 2 is 1.63 bits per heavy atom. The Morgan fingerprint density at radius 3 is 2.26 bits per heavy atom. The van der Waals surface area contributed by atoms with Crippen molar-refractivity contribution in [3.8, 4) is 0 Å². The molecular formula is C17H34N2. The van der Waals surface area contributed by atoms with Crippen LogP contribution in [0, 0.1) is 5.41 Å². The average molecular weight is 266 g/mol. The summed E-state index contributed by atoms with van der Waals surface area (Å²) < 4.78 is 0. The molecule has 1 saturated carbocycles. The predicted molar refractivity (Wildman–Crippen MR) is 83.5 cm³/mol. The molecule has 1 heterocycles. The molecule has 1 N–H and O–H groups in total. The van der Waals surface area contributed by atoms with E-state index in [1.165, 1.54) is 64.5 Å². The highest BCUT2D eigenvalue weighted by molar-refractivity contribution is 4.98. The molecular weight excluding hydrogens is 232 g/mol. The summed E-state index contributed by atoms with van der Waals surface area (Å²) >= 11 is 0. The molecule has 112 valence electrons. The largest absolute Gasteiger partial charge is 0.312 e. The van der Waals surface area contributed by atoms with E-state index in [9.17, 15) is 0 Å². The Hall–Kier alpha value is -0.0800. The highest BCUT2D eigenvalue weighted by atomic mass is 15.2. The Kier molecular flexibility index (Phi) is 5.70. The van der Waals surface area contributed by atoms with Crippen LogP contribution in [0.5, 0.6) is 0 Å². The summed E-state index contributed by atoms with van der Waals surface area (Å²) in [7, 11) is 0. The van der Waals surface area contributed by atoms with E-state index in [4.69, 9.17) is 0 Å². The Balaban J connectivity index is 2.05. The van der Waals surface area contributed by atoms with Crippen molar-refractivity contribution in [2.24, 2.45) is 5.41 Å². The van der Waals surface area contributed by atoms with Crippen LogP contribution in [0.2, 0.25) is 0 Å². The van der Waals surface area contributed by atoms with Gasteiger partial charge >= 0.3 is 0 Å². The number of nitrogens with one attached hydrogen (secondary N) is 1. The van der Waals surface area contributed by atoms with Crippen molar-refractivity contribution in [2.75, 3.05) is 19.6 Å². The zero-order valence-corrected chi connectivity index (χ0v) is 13.4. The Bertz CT molecular complexity index is 254. The van der Waals surface area contributed by atoms with Gasteiger partial charge in [-0.2, -0.15) is 0 Å². The number of hydrogen-bond acceptors (Lipinski definition) is 2. The lowest BCUT2D eigenvalue weighted by Crippen LogP contribution is -2.59. The molecule has 1 aliphatic heterocycles. The van der Waals surface area contributed by atoms with E-state index in [-0.39, 0.29) is 0 Å². The smallest absolute Gasteiger partial charge is 0.0274 e. The van der Waals surface area contributed by atoms with E-state index in [2.05, 4.69) is 31.0 Å². The van der Waals surface area contributed by atoms with E-state index in [0.29, 0.717) is 11.5 Å². The first kappa shape index (κ1) is 15.3. The minimum atomic E-state index is 0.460. The van der Waals surface area contributed by atoms with Gasteiger partial charge in [0, 0.05) is 12.1 Å². The lowest BCUT2D eigenvalue weighted by Gasteiger charge is -2.49. The van der Waals surface area contributed by atoms with Crippen LogP contribution in [0.3, 0.4) is 0 Å².